The molecule has 1 unspecified atom stereocenters. The highest BCUT2D eigenvalue weighted by molar-refractivity contribution is 5.75. The van der Waals surface area contributed by atoms with E-state index in [9.17, 15) is 4.79 Å². The van der Waals surface area contributed by atoms with Crippen LogP contribution in [0.3, 0.4) is 0 Å². The molecular weight excluding hydrogens is 388 g/mol. The Balaban J connectivity index is 0.000000519. The molecule has 0 heterocycles. The summed E-state index contributed by atoms with van der Waals surface area (Å²) in [5, 5.41) is 15.7. The lowest BCUT2D eigenvalue weighted by atomic mass is 9.97. The van der Waals surface area contributed by atoms with Crippen LogP contribution < -0.4 is 0 Å². The van der Waals surface area contributed by atoms with E-state index in [1.54, 1.807) is 6.92 Å². The van der Waals surface area contributed by atoms with E-state index < -0.39 is 11.9 Å². The van der Waals surface area contributed by atoms with E-state index in [2.05, 4.69) is 65.8 Å². The molecule has 0 amide bonds. The Bertz CT molecular complexity index is 744. The van der Waals surface area contributed by atoms with Crippen molar-refractivity contribution >= 4 is 12.4 Å². The molecule has 0 aliphatic rings. The second-order valence-corrected chi connectivity index (χ2v) is 9.00. The summed E-state index contributed by atoms with van der Waals surface area (Å²) in [4.78, 5) is 19.1. The van der Waals surface area contributed by atoms with Crippen LogP contribution in [0.2, 0.25) is 0 Å². The molecule has 0 saturated carbocycles. The second kappa shape index (κ2) is 15.2. The minimum atomic E-state index is -0.772. The summed E-state index contributed by atoms with van der Waals surface area (Å²) in [5.41, 5.74) is 5.04. The number of rotatable bonds is 7. The minimum absolute atomic E-state index is 0.250. The first-order valence-electron chi connectivity index (χ1n) is 11.0. The molecule has 4 nitrogen and oxygen atoms in total. The SMILES string of the molecule is CC(C)Cc1ccc(C(C)C(=O)O)cc1.CC(C)Cc1ccc(C(C)C)cc1.O=CO. The quantitative estimate of drug-likeness (QED) is 0.477. The number of hydrogen-bond donors (Lipinski definition) is 2. The number of benzene rings is 2. The molecule has 0 saturated heterocycles. The zero-order valence-electron chi connectivity index (χ0n) is 20.1. The molecule has 1 atom stereocenters. The Morgan fingerprint density at radius 1 is 0.742 bits per heavy atom. The molecule has 172 valence electrons. The van der Waals surface area contributed by atoms with Gasteiger partial charge >= 0.3 is 5.97 Å². The number of carboxylic acids is 1. The molecule has 0 spiro atoms. The van der Waals surface area contributed by atoms with E-state index in [0.717, 1.165) is 17.9 Å². The third-order valence-corrected chi connectivity index (χ3v) is 4.78. The van der Waals surface area contributed by atoms with Gasteiger partial charge in [-0.2, -0.15) is 0 Å². The molecule has 0 aliphatic carbocycles. The summed E-state index contributed by atoms with van der Waals surface area (Å²) in [7, 11) is 0. The van der Waals surface area contributed by atoms with Crippen molar-refractivity contribution in [3.05, 3.63) is 70.8 Å². The molecule has 2 rings (SSSR count). The zero-order valence-corrected chi connectivity index (χ0v) is 20.1. The highest BCUT2D eigenvalue weighted by atomic mass is 16.4. The van der Waals surface area contributed by atoms with Crippen molar-refractivity contribution in [1.82, 2.24) is 0 Å². The predicted octanol–water partition coefficient (Wildman–Crippen LogP) is 6.78. The van der Waals surface area contributed by atoms with Crippen molar-refractivity contribution in [3.8, 4) is 0 Å². The molecule has 2 aromatic carbocycles. The number of aliphatic carboxylic acids is 1. The maximum Gasteiger partial charge on any atom is 0.310 e. The van der Waals surface area contributed by atoms with Crippen molar-refractivity contribution in [3.63, 3.8) is 0 Å². The number of carbonyl (C=O) groups is 2. The van der Waals surface area contributed by atoms with Crippen molar-refractivity contribution in [2.75, 3.05) is 0 Å². The van der Waals surface area contributed by atoms with Gasteiger partial charge in [0.15, 0.2) is 0 Å². The summed E-state index contributed by atoms with van der Waals surface area (Å²) < 4.78 is 0. The van der Waals surface area contributed by atoms with Gasteiger partial charge < -0.3 is 10.2 Å². The van der Waals surface area contributed by atoms with Gasteiger partial charge in [-0.05, 0) is 59.8 Å². The van der Waals surface area contributed by atoms with Gasteiger partial charge in [0, 0.05) is 0 Å². The fourth-order valence-corrected chi connectivity index (χ4v) is 3.07. The molecule has 4 heteroatoms. The molecule has 2 aromatic rings. The lowest BCUT2D eigenvalue weighted by Gasteiger charge is -2.09. The van der Waals surface area contributed by atoms with Gasteiger partial charge in [-0.25, -0.2) is 0 Å². The lowest BCUT2D eigenvalue weighted by Crippen LogP contribution is -2.07. The summed E-state index contributed by atoms with van der Waals surface area (Å²) in [6.07, 6.45) is 2.24. The van der Waals surface area contributed by atoms with E-state index in [0.29, 0.717) is 11.8 Å². The van der Waals surface area contributed by atoms with E-state index in [-0.39, 0.29) is 6.47 Å². The maximum atomic E-state index is 10.8. The summed E-state index contributed by atoms with van der Waals surface area (Å²) in [6.45, 7) is 14.8. The van der Waals surface area contributed by atoms with Crippen LogP contribution >= 0.6 is 0 Å². The van der Waals surface area contributed by atoms with Crippen molar-refractivity contribution < 1.29 is 19.8 Å². The maximum absolute atomic E-state index is 10.8. The van der Waals surface area contributed by atoms with E-state index >= 15 is 0 Å². The molecule has 2 N–H and O–H groups in total. The van der Waals surface area contributed by atoms with Gasteiger partial charge in [0.2, 0.25) is 0 Å². The smallest absolute Gasteiger partial charge is 0.310 e. The Labute approximate surface area is 188 Å². The molecule has 0 radical (unpaired) electrons. The van der Waals surface area contributed by atoms with Gasteiger partial charge in [-0.15, -0.1) is 0 Å². The molecule has 0 aromatic heterocycles. The highest BCUT2D eigenvalue weighted by Gasteiger charge is 2.12. The second-order valence-electron chi connectivity index (χ2n) is 9.00. The lowest BCUT2D eigenvalue weighted by molar-refractivity contribution is -0.138. The standard InChI is InChI=1S/C13H18O2.C13H20.CH2O2/c1-9(2)8-11-4-6-12(7-5-11)10(3)13(14)15;1-10(2)9-12-5-7-13(8-6-12)11(3)4;2-1-3/h4-7,9-10H,8H2,1-3H3,(H,14,15);5-8,10-11H,9H2,1-4H3;1H,(H,2,3). The summed E-state index contributed by atoms with van der Waals surface area (Å²) in [5.74, 6) is 0.843. The topological polar surface area (TPSA) is 74.6 Å². The Kier molecular flexibility index (Phi) is 13.9. The minimum Gasteiger partial charge on any atom is -0.483 e. The third kappa shape index (κ3) is 12.6. The Morgan fingerprint density at radius 2 is 1.06 bits per heavy atom. The molecule has 0 bridgehead atoms. The van der Waals surface area contributed by atoms with Gasteiger partial charge in [0.1, 0.15) is 0 Å². The van der Waals surface area contributed by atoms with Crippen molar-refractivity contribution in [2.45, 2.75) is 73.1 Å². The fourth-order valence-electron chi connectivity index (χ4n) is 3.07. The first-order valence-corrected chi connectivity index (χ1v) is 11.0. The van der Waals surface area contributed by atoms with Crippen molar-refractivity contribution in [2.24, 2.45) is 11.8 Å². The molecular formula is C27H40O4. The zero-order chi connectivity index (χ0) is 24.0. The number of carboxylic acid groups (broad SMARTS) is 2. The van der Waals surface area contributed by atoms with Crippen molar-refractivity contribution in [1.29, 1.82) is 0 Å². The van der Waals surface area contributed by atoms with Crippen LogP contribution in [0, 0.1) is 11.8 Å². The van der Waals surface area contributed by atoms with Crippen LogP contribution in [-0.2, 0) is 22.4 Å². The molecule has 31 heavy (non-hydrogen) atoms. The molecule has 0 aliphatic heterocycles. The number of hydrogen-bond acceptors (Lipinski definition) is 2. The predicted molar refractivity (Wildman–Crippen MR) is 129 cm³/mol. The Hall–Kier alpha value is -2.62. The van der Waals surface area contributed by atoms with E-state index in [1.165, 1.54) is 23.1 Å². The summed E-state index contributed by atoms with van der Waals surface area (Å²) >= 11 is 0. The van der Waals surface area contributed by atoms with E-state index in [1.807, 2.05) is 24.3 Å². The first kappa shape index (κ1) is 28.4. The van der Waals surface area contributed by atoms with E-state index in [4.69, 9.17) is 15.0 Å². The summed E-state index contributed by atoms with van der Waals surface area (Å²) in [6, 6.07) is 16.9. The van der Waals surface area contributed by atoms with Crippen LogP contribution in [0.4, 0.5) is 0 Å². The van der Waals surface area contributed by atoms with Gasteiger partial charge in [-0.3, -0.25) is 9.59 Å². The first-order chi connectivity index (χ1) is 14.5. The van der Waals surface area contributed by atoms with Crippen LogP contribution in [0.5, 0.6) is 0 Å². The average Bonchev–Trinajstić information content (AvgIpc) is 2.68. The third-order valence-electron chi connectivity index (χ3n) is 4.78. The van der Waals surface area contributed by atoms with Gasteiger partial charge in [0.25, 0.3) is 6.47 Å². The van der Waals surface area contributed by atoms with Crippen LogP contribution in [0.1, 0.15) is 82.6 Å². The monoisotopic (exact) mass is 428 g/mol. The van der Waals surface area contributed by atoms with Crippen LogP contribution in [0.15, 0.2) is 48.5 Å². The van der Waals surface area contributed by atoms with Crippen LogP contribution in [0.25, 0.3) is 0 Å². The fraction of sp³-hybridized carbons (Fsp3) is 0.481. The largest absolute Gasteiger partial charge is 0.483 e. The molecule has 0 fully saturated rings. The van der Waals surface area contributed by atoms with Crippen LogP contribution in [-0.4, -0.2) is 22.7 Å². The normalized spacial score (nSPS) is 11.3. The Morgan fingerprint density at radius 3 is 1.32 bits per heavy atom. The highest BCUT2D eigenvalue weighted by Crippen LogP contribution is 2.18. The van der Waals surface area contributed by atoms with Gasteiger partial charge in [-0.1, -0.05) is 90.1 Å². The van der Waals surface area contributed by atoms with Gasteiger partial charge in [0.05, 0.1) is 5.92 Å². The average molecular weight is 429 g/mol.